The van der Waals surface area contributed by atoms with E-state index in [2.05, 4.69) is 15.3 Å². The number of hydrogen-bond acceptors (Lipinski definition) is 6. The molecule has 0 saturated heterocycles. The van der Waals surface area contributed by atoms with Crippen molar-refractivity contribution >= 4 is 22.7 Å². The Balaban J connectivity index is 2.48. The average molecular weight is 246 g/mol. The normalized spacial score (nSPS) is 10.5. The summed E-state index contributed by atoms with van der Waals surface area (Å²) in [6.07, 6.45) is 1.39. The van der Waals surface area contributed by atoms with Crippen molar-refractivity contribution in [1.82, 2.24) is 9.97 Å². The number of rotatable bonds is 5. The third-order valence-electron chi connectivity index (χ3n) is 2.48. The summed E-state index contributed by atoms with van der Waals surface area (Å²) in [5, 5.41) is 14.5. The number of carbonyl (C=O) groups is 1. The average Bonchev–Trinajstić information content (AvgIpc) is 2.38. The molecule has 1 N–H and O–H groups in total. The lowest BCUT2D eigenvalue weighted by Crippen LogP contribution is -2.23. The minimum absolute atomic E-state index is 0.0769. The monoisotopic (exact) mass is 246 g/mol. The van der Waals surface area contributed by atoms with E-state index >= 15 is 0 Å². The summed E-state index contributed by atoms with van der Waals surface area (Å²) < 4.78 is 4.92. The Morgan fingerprint density at radius 2 is 2.28 bits per heavy atom. The molecular formula is C12H12N3O3-. The number of carboxylic acids is 1. The molecule has 0 fully saturated rings. The van der Waals surface area contributed by atoms with Crippen molar-refractivity contribution in [3.8, 4) is 0 Å². The quantitative estimate of drug-likeness (QED) is 0.750. The van der Waals surface area contributed by atoms with E-state index in [1.807, 2.05) is 0 Å². The maximum atomic E-state index is 11.1. The van der Waals surface area contributed by atoms with E-state index in [4.69, 9.17) is 4.74 Å². The molecule has 6 nitrogen and oxygen atoms in total. The van der Waals surface area contributed by atoms with Crippen LogP contribution in [0.25, 0.3) is 10.9 Å². The molecule has 0 aliphatic heterocycles. The predicted octanol–water partition coefficient (Wildman–Crippen LogP) is 0.0516. The Morgan fingerprint density at radius 1 is 1.44 bits per heavy atom. The second-order valence-electron chi connectivity index (χ2n) is 3.63. The van der Waals surface area contributed by atoms with E-state index in [9.17, 15) is 9.90 Å². The Labute approximate surface area is 104 Å². The first-order chi connectivity index (χ1) is 8.74. The van der Waals surface area contributed by atoms with Gasteiger partial charge in [0.15, 0.2) is 0 Å². The lowest BCUT2D eigenvalue weighted by Gasteiger charge is -2.12. The summed E-state index contributed by atoms with van der Waals surface area (Å²) in [6, 6.07) is 4.83. The Morgan fingerprint density at radius 3 is 3.00 bits per heavy atom. The highest BCUT2D eigenvalue weighted by molar-refractivity contribution is 6.06. The SMILES string of the molecule is COCCNc1ncnc2cccc(C(=O)[O-])c12. The van der Waals surface area contributed by atoms with Gasteiger partial charge >= 0.3 is 0 Å². The summed E-state index contributed by atoms with van der Waals surface area (Å²) >= 11 is 0. The third-order valence-corrected chi connectivity index (χ3v) is 2.48. The number of benzene rings is 1. The Kier molecular flexibility index (Phi) is 3.69. The van der Waals surface area contributed by atoms with Crippen molar-refractivity contribution in [3.63, 3.8) is 0 Å². The summed E-state index contributed by atoms with van der Waals surface area (Å²) in [4.78, 5) is 19.2. The van der Waals surface area contributed by atoms with Crippen molar-refractivity contribution in [1.29, 1.82) is 0 Å². The van der Waals surface area contributed by atoms with Crippen LogP contribution < -0.4 is 10.4 Å². The van der Waals surface area contributed by atoms with Crippen LogP contribution in [-0.2, 0) is 4.74 Å². The van der Waals surface area contributed by atoms with Crippen molar-refractivity contribution in [2.45, 2.75) is 0 Å². The van der Waals surface area contributed by atoms with Gasteiger partial charge in [-0.05, 0) is 6.07 Å². The smallest absolute Gasteiger partial charge is 0.138 e. The minimum atomic E-state index is -1.25. The highest BCUT2D eigenvalue weighted by Gasteiger charge is 2.08. The summed E-state index contributed by atoms with van der Waals surface area (Å²) in [5.41, 5.74) is 0.639. The van der Waals surface area contributed by atoms with Crippen LogP contribution in [0.2, 0.25) is 0 Å². The molecule has 1 heterocycles. The first-order valence-electron chi connectivity index (χ1n) is 5.42. The van der Waals surface area contributed by atoms with Crippen molar-refractivity contribution in [2.24, 2.45) is 0 Å². The number of nitrogens with one attached hydrogen (secondary N) is 1. The van der Waals surface area contributed by atoms with Crippen molar-refractivity contribution < 1.29 is 14.6 Å². The second-order valence-corrected chi connectivity index (χ2v) is 3.63. The molecule has 0 aliphatic carbocycles. The molecule has 0 amide bonds. The van der Waals surface area contributed by atoms with Gasteiger partial charge in [-0.2, -0.15) is 0 Å². The number of hydrogen-bond donors (Lipinski definition) is 1. The number of fused-ring (bicyclic) bond motifs is 1. The second kappa shape index (κ2) is 5.42. The van der Waals surface area contributed by atoms with Crippen LogP contribution in [0, 0.1) is 0 Å². The van der Waals surface area contributed by atoms with E-state index in [0.717, 1.165) is 0 Å². The molecule has 0 radical (unpaired) electrons. The molecule has 94 valence electrons. The largest absolute Gasteiger partial charge is 0.545 e. The number of aromatic carboxylic acids is 1. The molecule has 0 unspecified atom stereocenters. The zero-order valence-corrected chi connectivity index (χ0v) is 9.84. The van der Waals surface area contributed by atoms with Crippen LogP contribution in [0.1, 0.15) is 10.4 Å². The molecule has 0 aliphatic rings. The van der Waals surface area contributed by atoms with Gasteiger partial charge in [0.25, 0.3) is 0 Å². The van der Waals surface area contributed by atoms with Crippen molar-refractivity contribution in [2.75, 3.05) is 25.6 Å². The van der Waals surface area contributed by atoms with E-state index in [1.165, 1.54) is 12.4 Å². The van der Waals surface area contributed by atoms with Crippen LogP contribution in [0.4, 0.5) is 5.82 Å². The molecule has 0 bridgehead atoms. The molecule has 1 aromatic carbocycles. The van der Waals surface area contributed by atoms with Gasteiger partial charge < -0.3 is 20.0 Å². The van der Waals surface area contributed by atoms with E-state index in [0.29, 0.717) is 29.9 Å². The number of carboxylic acid groups (broad SMARTS) is 1. The summed E-state index contributed by atoms with van der Waals surface area (Å²) in [5.74, 6) is -0.776. The lowest BCUT2D eigenvalue weighted by molar-refractivity contribution is -0.254. The lowest BCUT2D eigenvalue weighted by atomic mass is 10.1. The fraction of sp³-hybridized carbons (Fsp3) is 0.250. The number of aromatic nitrogens is 2. The maximum absolute atomic E-state index is 11.1. The van der Waals surface area contributed by atoms with Crippen LogP contribution >= 0.6 is 0 Å². The highest BCUT2D eigenvalue weighted by Crippen LogP contribution is 2.22. The molecule has 0 saturated carbocycles. The molecule has 0 spiro atoms. The zero-order chi connectivity index (χ0) is 13.0. The van der Waals surface area contributed by atoms with Gasteiger partial charge in [-0.15, -0.1) is 0 Å². The van der Waals surface area contributed by atoms with Gasteiger partial charge in [0.2, 0.25) is 0 Å². The zero-order valence-electron chi connectivity index (χ0n) is 9.84. The van der Waals surface area contributed by atoms with Crippen LogP contribution in [0.5, 0.6) is 0 Å². The summed E-state index contributed by atoms with van der Waals surface area (Å²) in [6.45, 7) is 1.03. The van der Waals surface area contributed by atoms with Gasteiger partial charge in [0.1, 0.15) is 12.1 Å². The molecule has 0 atom stereocenters. The maximum Gasteiger partial charge on any atom is 0.138 e. The first kappa shape index (κ1) is 12.3. The number of anilines is 1. The number of methoxy groups -OCH3 is 1. The van der Waals surface area contributed by atoms with Crippen molar-refractivity contribution in [3.05, 3.63) is 30.1 Å². The fourth-order valence-electron chi connectivity index (χ4n) is 1.69. The van der Waals surface area contributed by atoms with Gasteiger partial charge in [0, 0.05) is 19.2 Å². The van der Waals surface area contributed by atoms with Gasteiger partial charge in [-0.1, -0.05) is 12.1 Å². The number of carbonyl (C=O) groups excluding carboxylic acids is 1. The molecule has 2 rings (SSSR count). The number of nitrogens with zero attached hydrogens (tertiary/aromatic N) is 2. The first-order valence-corrected chi connectivity index (χ1v) is 5.42. The van der Waals surface area contributed by atoms with E-state index in [1.54, 1.807) is 19.2 Å². The highest BCUT2D eigenvalue weighted by atomic mass is 16.5. The molecule has 6 heteroatoms. The molecule has 1 aromatic heterocycles. The van der Waals surface area contributed by atoms with E-state index < -0.39 is 5.97 Å². The predicted molar refractivity (Wildman–Crippen MR) is 64.2 cm³/mol. The Bertz CT molecular complexity index is 566. The van der Waals surface area contributed by atoms with Crippen LogP contribution in [0.3, 0.4) is 0 Å². The fourth-order valence-corrected chi connectivity index (χ4v) is 1.69. The topological polar surface area (TPSA) is 87.2 Å². The molecule has 2 aromatic rings. The summed E-state index contributed by atoms with van der Waals surface area (Å²) in [7, 11) is 1.59. The molecule has 18 heavy (non-hydrogen) atoms. The van der Waals surface area contributed by atoms with Gasteiger partial charge in [-0.25, -0.2) is 9.97 Å². The van der Waals surface area contributed by atoms with Gasteiger partial charge in [0.05, 0.1) is 23.5 Å². The van der Waals surface area contributed by atoms with Gasteiger partial charge in [-0.3, -0.25) is 0 Å². The Hall–Kier alpha value is -2.21. The van der Waals surface area contributed by atoms with Crippen LogP contribution in [0.15, 0.2) is 24.5 Å². The van der Waals surface area contributed by atoms with Crippen LogP contribution in [-0.4, -0.2) is 36.2 Å². The molecular weight excluding hydrogens is 234 g/mol. The standard InChI is InChI=1S/C12H13N3O3/c1-18-6-5-13-11-10-8(12(16)17)3-2-4-9(10)14-7-15-11/h2-4,7H,5-6H2,1H3,(H,16,17)(H,13,14,15)/p-1. The third kappa shape index (κ3) is 2.38. The minimum Gasteiger partial charge on any atom is -0.545 e. The van der Waals surface area contributed by atoms with E-state index in [-0.39, 0.29) is 5.56 Å². The number of ether oxygens (including phenoxy) is 1.